The standard InChI is InChI=1S/C21H25FN2O4S/c1-17(25)18-6-8-20(9-7-18)29(26,27)24(11-10-23-12-14-28-15-13-23)16-19-4-2-3-5-21(19)22/h2-9H,10-16H2,1H3. The number of ether oxygens (including phenoxy) is 1. The molecule has 1 heterocycles. The van der Waals surface area contributed by atoms with Crippen molar-refractivity contribution in [3.63, 3.8) is 0 Å². The molecular formula is C21H25FN2O4S. The van der Waals surface area contributed by atoms with Crippen LogP contribution < -0.4 is 0 Å². The number of hydrogen-bond donors (Lipinski definition) is 0. The van der Waals surface area contributed by atoms with Gasteiger partial charge in [-0.25, -0.2) is 12.8 Å². The molecule has 8 heteroatoms. The minimum absolute atomic E-state index is 0.0617. The van der Waals surface area contributed by atoms with Gasteiger partial charge in [0.15, 0.2) is 5.78 Å². The quantitative estimate of drug-likeness (QED) is 0.614. The number of rotatable bonds is 8. The Balaban J connectivity index is 1.85. The maximum atomic E-state index is 14.2. The van der Waals surface area contributed by atoms with Crippen LogP contribution in [0.4, 0.5) is 4.39 Å². The molecule has 6 nitrogen and oxygen atoms in total. The van der Waals surface area contributed by atoms with E-state index >= 15 is 0 Å². The summed E-state index contributed by atoms with van der Waals surface area (Å²) in [5.41, 5.74) is 0.760. The van der Waals surface area contributed by atoms with Crippen molar-refractivity contribution in [2.24, 2.45) is 0 Å². The van der Waals surface area contributed by atoms with Gasteiger partial charge in [0.05, 0.1) is 18.1 Å². The van der Waals surface area contributed by atoms with Crippen LogP contribution in [0, 0.1) is 5.82 Å². The summed E-state index contributed by atoms with van der Waals surface area (Å²) in [4.78, 5) is 13.7. The number of morpholine rings is 1. The highest BCUT2D eigenvalue weighted by Crippen LogP contribution is 2.20. The fourth-order valence-corrected chi connectivity index (χ4v) is 4.60. The summed E-state index contributed by atoms with van der Waals surface area (Å²) < 4.78 is 47.4. The lowest BCUT2D eigenvalue weighted by molar-refractivity contribution is 0.0361. The molecule has 2 aromatic carbocycles. The Bertz CT molecular complexity index is 941. The van der Waals surface area contributed by atoms with E-state index in [1.54, 1.807) is 18.2 Å². The van der Waals surface area contributed by atoms with Gasteiger partial charge in [0.25, 0.3) is 0 Å². The van der Waals surface area contributed by atoms with Gasteiger partial charge >= 0.3 is 0 Å². The third kappa shape index (κ3) is 5.48. The van der Waals surface area contributed by atoms with Crippen LogP contribution in [0.5, 0.6) is 0 Å². The first-order valence-electron chi connectivity index (χ1n) is 9.52. The van der Waals surface area contributed by atoms with Crippen molar-refractivity contribution in [2.45, 2.75) is 18.4 Å². The lowest BCUT2D eigenvalue weighted by Crippen LogP contribution is -2.43. The molecule has 1 saturated heterocycles. The van der Waals surface area contributed by atoms with Crippen molar-refractivity contribution in [2.75, 3.05) is 39.4 Å². The minimum atomic E-state index is -3.86. The number of benzene rings is 2. The number of nitrogens with zero attached hydrogens (tertiary/aromatic N) is 2. The SMILES string of the molecule is CC(=O)c1ccc(S(=O)(=O)N(CCN2CCOCC2)Cc2ccccc2F)cc1. The van der Waals surface area contributed by atoms with Gasteiger partial charge in [-0.3, -0.25) is 9.69 Å². The second-order valence-electron chi connectivity index (χ2n) is 6.96. The van der Waals surface area contributed by atoms with Gasteiger partial charge in [0, 0.05) is 43.9 Å². The molecule has 0 amide bonds. The Hall–Kier alpha value is -2.13. The largest absolute Gasteiger partial charge is 0.379 e. The lowest BCUT2D eigenvalue weighted by Gasteiger charge is -2.30. The van der Waals surface area contributed by atoms with Gasteiger partial charge in [-0.05, 0) is 25.1 Å². The Morgan fingerprint density at radius 1 is 1.10 bits per heavy atom. The van der Waals surface area contributed by atoms with E-state index in [1.807, 2.05) is 0 Å². The smallest absolute Gasteiger partial charge is 0.243 e. The number of Topliss-reactive ketones (excluding diaryl/α,β-unsaturated/α-hetero) is 1. The first-order chi connectivity index (χ1) is 13.9. The molecule has 0 radical (unpaired) electrons. The highest BCUT2D eigenvalue weighted by atomic mass is 32.2. The maximum Gasteiger partial charge on any atom is 0.243 e. The predicted molar refractivity (Wildman–Crippen MR) is 108 cm³/mol. The van der Waals surface area contributed by atoms with E-state index in [0.717, 1.165) is 13.1 Å². The van der Waals surface area contributed by atoms with Crippen LogP contribution in [-0.2, 0) is 21.3 Å². The van der Waals surface area contributed by atoms with Gasteiger partial charge in [-0.2, -0.15) is 4.31 Å². The Labute approximate surface area is 170 Å². The monoisotopic (exact) mass is 420 g/mol. The van der Waals surface area contributed by atoms with Crippen molar-refractivity contribution >= 4 is 15.8 Å². The van der Waals surface area contributed by atoms with Crippen molar-refractivity contribution in [3.05, 3.63) is 65.5 Å². The molecule has 0 N–H and O–H groups in total. The van der Waals surface area contributed by atoms with Crippen molar-refractivity contribution < 1.29 is 22.3 Å². The second kappa shape index (κ2) is 9.58. The van der Waals surface area contributed by atoms with Gasteiger partial charge < -0.3 is 4.74 Å². The summed E-state index contributed by atoms with van der Waals surface area (Å²) >= 11 is 0. The number of ketones is 1. The molecule has 29 heavy (non-hydrogen) atoms. The van der Waals surface area contributed by atoms with E-state index in [1.165, 1.54) is 41.6 Å². The van der Waals surface area contributed by atoms with Crippen LogP contribution in [0.1, 0.15) is 22.8 Å². The molecule has 1 aliphatic heterocycles. The molecule has 0 saturated carbocycles. The van der Waals surface area contributed by atoms with Crippen LogP contribution >= 0.6 is 0 Å². The Kier molecular flexibility index (Phi) is 7.13. The van der Waals surface area contributed by atoms with Gasteiger partial charge in [-0.15, -0.1) is 0 Å². The molecule has 0 bridgehead atoms. The minimum Gasteiger partial charge on any atom is -0.379 e. The lowest BCUT2D eigenvalue weighted by atomic mass is 10.2. The van der Waals surface area contributed by atoms with E-state index in [9.17, 15) is 17.6 Å². The molecule has 1 fully saturated rings. The molecule has 0 spiro atoms. The number of halogens is 1. The highest BCUT2D eigenvalue weighted by Gasteiger charge is 2.26. The number of carbonyl (C=O) groups excluding carboxylic acids is 1. The molecule has 2 aromatic rings. The molecule has 0 aromatic heterocycles. The predicted octanol–water partition coefficient (Wildman–Crippen LogP) is 2.55. The third-order valence-corrected chi connectivity index (χ3v) is 6.83. The zero-order chi connectivity index (χ0) is 20.9. The van der Waals surface area contributed by atoms with E-state index in [2.05, 4.69) is 4.90 Å². The summed E-state index contributed by atoms with van der Waals surface area (Å²) in [7, 11) is -3.86. The molecule has 156 valence electrons. The van der Waals surface area contributed by atoms with Crippen molar-refractivity contribution in [1.29, 1.82) is 0 Å². The van der Waals surface area contributed by atoms with Gasteiger partial charge in [0.1, 0.15) is 5.82 Å². The Morgan fingerprint density at radius 3 is 2.38 bits per heavy atom. The first-order valence-corrected chi connectivity index (χ1v) is 11.0. The fourth-order valence-electron chi connectivity index (χ4n) is 3.19. The Morgan fingerprint density at radius 2 is 1.76 bits per heavy atom. The van der Waals surface area contributed by atoms with E-state index in [4.69, 9.17) is 4.74 Å². The summed E-state index contributed by atoms with van der Waals surface area (Å²) in [5.74, 6) is -0.574. The van der Waals surface area contributed by atoms with Crippen LogP contribution in [0.15, 0.2) is 53.4 Å². The summed E-state index contributed by atoms with van der Waals surface area (Å²) in [6.07, 6.45) is 0. The molecule has 0 atom stereocenters. The van der Waals surface area contributed by atoms with Gasteiger partial charge in [-0.1, -0.05) is 30.3 Å². The topological polar surface area (TPSA) is 66.9 Å². The number of hydrogen-bond acceptors (Lipinski definition) is 5. The molecule has 1 aliphatic rings. The average molecular weight is 421 g/mol. The third-order valence-electron chi connectivity index (χ3n) is 4.97. The van der Waals surface area contributed by atoms with Crippen LogP contribution in [0.25, 0.3) is 0 Å². The van der Waals surface area contributed by atoms with Crippen LogP contribution in [0.2, 0.25) is 0 Å². The summed E-state index contributed by atoms with van der Waals surface area (Å²) in [6, 6.07) is 12.0. The van der Waals surface area contributed by atoms with E-state index in [0.29, 0.717) is 30.9 Å². The summed E-state index contributed by atoms with van der Waals surface area (Å²) in [6.45, 7) is 4.83. The van der Waals surface area contributed by atoms with Crippen LogP contribution in [0.3, 0.4) is 0 Å². The number of carbonyl (C=O) groups is 1. The first kappa shape index (κ1) is 21.6. The maximum absolute atomic E-state index is 14.2. The summed E-state index contributed by atoms with van der Waals surface area (Å²) in [5, 5.41) is 0. The fraction of sp³-hybridized carbons (Fsp3) is 0.381. The average Bonchev–Trinajstić information content (AvgIpc) is 2.73. The zero-order valence-electron chi connectivity index (χ0n) is 16.4. The zero-order valence-corrected chi connectivity index (χ0v) is 17.2. The van der Waals surface area contributed by atoms with Gasteiger partial charge in [0.2, 0.25) is 10.0 Å². The molecule has 0 unspecified atom stereocenters. The van der Waals surface area contributed by atoms with Crippen LogP contribution in [-0.4, -0.2) is 62.8 Å². The molecule has 3 rings (SSSR count). The molecular weight excluding hydrogens is 395 g/mol. The van der Waals surface area contributed by atoms with E-state index < -0.39 is 15.8 Å². The van der Waals surface area contributed by atoms with E-state index in [-0.39, 0.29) is 23.8 Å². The van der Waals surface area contributed by atoms with Crippen molar-refractivity contribution in [3.8, 4) is 0 Å². The van der Waals surface area contributed by atoms with Crippen molar-refractivity contribution in [1.82, 2.24) is 9.21 Å². The molecule has 0 aliphatic carbocycles. The normalized spacial score (nSPS) is 15.6. The highest BCUT2D eigenvalue weighted by molar-refractivity contribution is 7.89. The second-order valence-corrected chi connectivity index (χ2v) is 8.90. The number of sulfonamides is 1.